The quantitative estimate of drug-likeness (QED) is 0.785. The number of rotatable bonds is 5. The van der Waals surface area contributed by atoms with Gasteiger partial charge in [0.2, 0.25) is 10.0 Å². The average Bonchev–Trinajstić information content (AvgIpc) is 2.67. The molecule has 1 aliphatic heterocycles. The van der Waals surface area contributed by atoms with Gasteiger partial charge in [0.15, 0.2) is 0 Å². The number of aryl methyl sites for hydroxylation is 1. The summed E-state index contributed by atoms with van der Waals surface area (Å²) < 4.78 is 33.0. The monoisotopic (exact) mass is 388 g/mol. The van der Waals surface area contributed by atoms with Crippen LogP contribution in [-0.4, -0.2) is 46.0 Å². The molecule has 0 aromatic heterocycles. The Balaban J connectivity index is 1.78. The van der Waals surface area contributed by atoms with Gasteiger partial charge in [-0.3, -0.25) is 0 Å². The van der Waals surface area contributed by atoms with E-state index >= 15 is 0 Å². The molecular formula is C21H28N2O3S. The third-order valence-corrected chi connectivity index (χ3v) is 7.20. The fraction of sp³-hybridized carbons (Fsp3) is 0.429. The second-order valence-electron chi connectivity index (χ2n) is 7.24. The summed E-state index contributed by atoms with van der Waals surface area (Å²) in [4.78, 5) is 2.65. The van der Waals surface area contributed by atoms with Gasteiger partial charge in [0, 0.05) is 31.9 Å². The van der Waals surface area contributed by atoms with E-state index in [4.69, 9.17) is 4.74 Å². The molecule has 0 radical (unpaired) electrons. The molecule has 0 spiro atoms. The van der Waals surface area contributed by atoms with Crippen LogP contribution in [0.1, 0.15) is 30.9 Å². The minimum atomic E-state index is -3.50. The normalized spacial score (nSPS) is 16.0. The molecular weight excluding hydrogens is 360 g/mol. The highest BCUT2D eigenvalue weighted by molar-refractivity contribution is 7.89. The van der Waals surface area contributed by atoms with E-state index in [9.17, 15) is 8.42 Å². The van der Waals surface area contributed by atoms with Crippen molar-refractivity contribution in [1.82, 2.24) is 4.31 Å². The van der Waals surface area contributed by atoms with Gasteiger partial charge in [0.25, 0.3) is 0 Å². The molecule has 3 rings (SSSR count). The van der Waals surface area contributed by atoms with E-state index < -0.39 is 10.0 Å². The van der Waals surface area contributed by atoms with Crippen LogP contribution in [0, 0.1) is 6.92 Å². The van der Waals surface area contributed by atoms with Crippen LogP contribution in [0.25, 0.3) is 0 Å². The van der Waals surface area contributed by atoms with Crippen LogP contribution in [-0.2, 0) is 10.0 Å². The summed E-state index contributed by atoms with van der Waals surface area (Å²) in [5.41, 5.74) is 3.23. The first-order chi connectivity index (χ1) is 12.8. The molecule has 2 aromatic carbocycles. The first kappa shape index (κ1) is 19.7. The van der Waals surface area contributed by atoms with Crippen molar-refractivity contribution < 1.29 is 13.2 Å². The minimum absolute atomic E-state index is 0.360. The van der Waals surface area contributed by atoms with Crippen LogP contribution in [0.3, 0.4) is 0 Å². The van der Waals surface area contributed by atoms with Crippen molar-refractivity contribution in [3.05, 3.63) is 53.6 Å². The van der Waals surface area contributed by atoms with Crippen molar-refractivity contribution >= 4 is 15.7 Å². The third-order valence-electron chi connectivity index (χ3n) is 5.14. The van der Waals surface area contributed by atoms with Crippen molar-refractivity contribution in [2.24, 2.45) is 0 Å². The van der Waals surface area contributed by atoms with Gasteiger partial charge in [-0.25, -0.2) is 8.42 Å². The Morgan fingerprint density at radius 2 is 1.67 bits per heavy atom. The molecule has 0 saturated carbocycles. The number of nitrogens with zero attached hydrogens (tertiary/aromatic N) is 2. The Bertz CT molecular complexity index is 901. The molecule has 1 fully saturated rings. The molecule has 27 heavy (non-hydrogen) atoms. The first-order valence-electron chi connectivity index (χ1n) is 9.33. The number of ether oxygens (including phenoxy) is 1. The summed E-state index contributed by atoms with van der Waals surface area (Å²) in [5, 5.41) is 0. The summed E-state index contributed by atoms with van der Waals surface area (Å²) in [6, 6.07) is 13.5. The summed E-state index contributed by atoms with van der Waals surface area (Å²) >= 11 is 0. The second kappa shape index (κ2) is 7.90. The van der Waals surface area contributed by atoms with E-state index in [-0.39, 0.29) is 0 Å². The standard InChI is InChI=1S/C21H28N2O3S/c1-16(2)19-7-5-6-8-20(19)22-11-13-23(14-12-22)27(24,25)21-10-9-18(26-4)15-17(21)3/h5-10,15-16H,11-14H2,1-4H3. The van der Waals surface area contributed by atoms with Crippen LogP contribution >= 0.6 is 0 Å². The van der Waals surface area contributed by atoms with E-state index in [0.29, 0.717) is 48.3 Å². The number of piperazine rings is 1. The molecule has 0 aliphatic carbocycles. The molecule has 146 valence electrons. The van der Waals surface area contributed by atoms with Crippen LogP contribution in [0.15, 0.2) is 47.4 Å². The maximum Gasteiger partial charge on any atom is 0.243 e. The second-order valence-corrected chi connectivity index (χ2v) is 9.14. The maximum atomic E-state index is 13.1. The molecule has 0 bridgehead atoms. The Morgan fingerprint density at radius 3 is 2.26 bits per heavy atom. The molecule has 5 nitrogen and oxygen atoms in total. The molecule has 1 heterocycles. The van der Waals surface area contributed by atoms with Crippen LogP contribution in [0.5, 0.6) is 5.75 Å². The largest absolute Gasteiger partial charge is 0.497 e. The highest BCUT2D eigenvalue weighted by Crippen LogP contribution is 2.30. The van der Waals surface area contributed by atoms with Gasteiger partial charge < -0.3 is 9.64 Å². The fourth-order valence-corrected chi connectivity index (χ4v) is 5.24. The summed E-state index contributed by atoms with van der Waals surface area (Å²) in [6.45, 7) is 8.54. The number of anilines is 1. The fourth-order valence-electron chi connectivity index (χ4n) is 3.61. The van der Waals surface area contributed by atoms with E-state index in [1.807, 2.05) is 13.0 Å². The van der Waals surface area contributed by atoms with E-state index in [0.717, 1.165) is 0 Å². The highest BCUT2D eigenvalue weighted by atomic mass is 32.2. The van der Waals surface area contributed by atoms with Crippen LogP contribution in [0.4, 0.5) is 5.69 Å². The molecule has 0 N–H and O–H groups in total. The SMILES string of the molecule is COc1ccc(S(=O)(=O)N2CCN(c3ccccc3C(C)C)CC2)c(C)c1. The molecule has 0 unspecified atom stereocenters. The molecule has 1 aliphatic rings. The van der Waals surface area contributed by atoms with Crippen molar-refractivity contribution in [2.75, 3.05) is 38.2 Å². The molecule has 0 amide bonds. The van der Waals surface area contributed by atoms with Gasteiger partial charge >= 0.3 is 0 Å². The van der Waals surface area contributed by atoms with Crippen LogP contribution < -0.4 is 9.64 Å². The van der Waals surface area contributed by atoms with Gasteiger partial charge in [0.05, 0.1) is 12.0 Å². The third kappa shape index (κ3) is 3.96. The number of sulfonamides is 1. The summed E-state index contributed by atoms with van der Waals surface area (Å²) in [6.07, 6.45) is 0. The van der Waals surface area contributed by atoms with Gasteiger partial charge in [0.1, 0.15) is 5.75 Å². The molecule has 1 saturated heterocycles. The smallest absolute Gasteiger partial charge is 0.243 e. The number of hydrogen-bond donors (Lipinski definition) is 0. The van der Waals surface area contributed by atoms with Gasteiger partial charge in [-0.05, 0) is 48.2 Å². The lowest BCUT2D eigenvalue weighted by molar-refractivity contribution is 0.384. The Kier molecular flexibility index (Phi) is 5.77. The van der Waals surface area contributed by atoms with E-state index in [2.05, 4.69) is 36.9 Å². The van der Waals surface area contributed by atoms with Crippen molar-refractivity contribution in [3.8, 4) is 5.75 Å². The number of hydrogen-bond acceptors (Lipinski definition) is 4. The Labute approximate surface area is 162 Å². The summed E-state index contributed by atoms with van der Waals surface area (Å²) in [5.74, 6) is 1.10. The van der Waals surface area contributed by atoms with Gasteiger partial charge in [-0.1, -0.05) is 32.0 Å². The highest BCUT2D eigenvalue weighted by Gasteiger charge is 2.30. The topological polar surface area (TPSA) is 49.9 Å². The number of methoxy groups -OCH3 is 1. The molecule has 6 heteroatoms. The zero-order valence-corrected chi connectivity index (χ0v) is 17.3. The lowest BCUT2D eigenvalue weighted by Crippen LogP contribution is -2.49. The minimum Gasteiger partial charge on any atom is -0.497 e. The zero-order chi connectivity index (χ0) is 19.6. The van der Waals surface area contributed by atoms with E-state index in [1.54, 1.807) is 29.6 Å². The zero-order valence-electron chi connectivity index (χ0n) is 16.5. The number of benzene rings is 2. The predicted octanol–water partition coefficient (Wildman–Crippen LogP) is 3.64. The van der Waals surface area contributed by atoms with E-state index in [1.165, 1.54) is 11.3 Å². The van der Waals surface area contributed by atoms with Gasteiger partial charge in [-0.2, -0.15) is 4.31 Å². The van der Waals surface area contributed by atoms with Gasteiger partial charge in [-0.15, -0.1) is 0 Å². The molecule has 0 atom stereocenters. The van der Waals surface area contributed by atoms with Crippen molar-refractivity contribution in [3.63, 3.8) is 0 Å². The lowest BCUT2D eigenvalue weighted by atomic mass is 10.00. The number of para-hydroxylation sites is 1. The lowest BCUT2D eigenvalue weighted by Gasteiger charge is -2.37. The van der Waals surface area contributed by atoms with Crippen molar-refractivity contribution in [2.45, 2.75) is 31.6 Å². The summed E-state index contributed by atoms with van der Waals surface area (Å²) in [7, 11) is -1.92. The van der Waals surface area contributed by atoms with Crippen LogP contribution in [0.2, 0.25) is 0 Å². The maximum absolute atomic E-state index is 13.1. The Hall–Kier alpha value is -2.05. The predicted molar refractivity (Wildman–Crippen MR) is 109 cm³/mol. The molecule has 2 aromatic rings. The van der Waals surface area contributed by atoms with Crippen molar-refractivity contribution in [1.29, 1.82) is 0 Å². The average molecular weight is 389 g/mol. The first-order valence-corrected chi connectivity index (χ1v) is 10.8. The Morgan fingerprint density at radius 1 is 1.00 bits per heavy atom.